The van der Waals surface area contributed by atoms with Gasteiger partial charge in [0, 0.05) is 23.5 Å². The zero-order valence-corrected chi connectivity index (χ0v) is 19.0. The van der Waals surface area contributed by atoms with Crippen molar-refractivity contribution in [1.82, 2.24) is 20.8 Å². The maximum atomic E-state index is 5.13. The number of guanidine groups is 1. The maximum Gasteiger partial charge on any atom is 0.246 e. The van der Waals surface area contributed by atoms with Crippen molar-refractivity contribution in [1.29, 1.82) is 0 Å². The first-order chi connectivity index (χ1) is 12.1. The van der Waals surface area contributed by atoms with Gasteiger partial charge in [-0.1, -0.05) is 46.1 Å². The minimum Gasteiger partial charge on any atom is -0.356 e. The van der Waals surface area contributed by atoms with Crippen LogP contribution in [-0.4, -0.2) is 29.7 Å². The Balaban J connectivity index is 0.00000243. The van der Waals surface area contributed by atoms with Crippen LogP contribution in [0.1, 0.15) is 43.0 Å². The van der Waals surface area contributed by atoms with E-state index in [1.807, 2.05) is 6.92 Å². The Morgan fingerprint density at radius 3 is 2.50 bits per heavy atom. The molecule has 1 fully saturated rings. The van der Waals surface area contributed by atoms with E-state index in [0.29, 0.717) is 18.3 Å². The van der Waals surface area contributed by atoms with Crippen molar-refractivity contribution in [3.63, 3.8) is 0 Å². The van der Waals surface area contributed by atoms with E-state index < -0.39 is 0 Å². The Kier molecular flexibility index (Phi) is 7.87. The fraction of sp³-hybridized carbons (Fsp3) is 0.500. The second-order valence-electron chi connectivity index (χ2n) is 6.51. The summed E-state index contributed by atoms with van der Waals surface area (Å²) < 4.78 is 6.24. The van der Waals surface area contributed by atoms with Gasteiger partial charge < -0.3 is 15.2 Å². The van der Waals surface area contributed by atoms with Crippen LogP contribution in [0.15, 0.2) is 38.3 Å². The average molecular weight is 534 g/mol. The Morgan fingerprint density at radius 2 is 1.92 bits per heavy atom. The number of halogens is 2. The van der Waals surface area contributed by atoms with Crippen molar-refractivity contribution in [2.75, 3.05) is 13.6 Å². The van der Waals surface area contributed by atoms with Crippen molar-refractivity contribution in [3.8, 4) is 0 Å². The molecular formula is C18H25BrIN5O. The molecular weight excluding hydrogens is 509 g/mol. The highest BCUT2D eigenvalue weighted by Crippen LogP contribution is 2.40. The molecule has 0 spiro atoms. The molecule has 0 aliphatic heterocycles. The molecule has 0 atom stereocenters. The molecule has 0 saturated heterocycles. The van der Waals surface area contributed by atoms with Crippen molar-refractivity contribution in [3.05, 3.63) is 46.0 Å². The summed E-state index contributed by atoms with van der Waals surface area (Å²) in [5.74, 6) is 1.95. The molecule has 3 rings (SSSR count). The molecule has 0 radical (unpaired) electrons. The zero-order chi connectivity index (χ0) is 17.7. The number of hydrogen-bond acceptors (Lipinski definition) is 4. The third-order valence-corrected chi connectivity index (χ3v) is 5.34. The number of aryl methyl sites for hydroxylation is 1. The molecule has 8 heteroatoms. The predicted molar refractivity (Wildman–Crippen MR) is 117 cm³/mol. The SMILES string of the molecule is CN=C(NCc1nc(C)no1)NCC1(c2ccc(Br)cc2)CCCC1.I. The van der Waals surface area contributed by atoms with Gasteiger partial charge in [0.1, 0.15) is 0 Å². The van der Waals surface area contributed by atoms with E-state index in [1.165, 1.54) is 31.2 Å². The fourth-order valence-corrected chi connectivity index (χ4v) is 3.73. The molecule has 0 bridgehead atoms. The minimum absolute atomic E-state index is 0. The third kappa shape index (κ3) is 5.18. The fourth-order valence-electron chi connectivity index (χ4n) is 3.47. The van der Waals surface area contributed by atoms with Gasteiger partial charge in [0.15, 0.2) is 11.8 Å². The quantitative estimate of drug-likeness (QED) is 0.346. The summed E-state index contributed by atoms with van der Waals surface area (Å²) >= 11 is 3.52. The van der Waals surface area contributed by atoms with Crippen LogP contribution in [0.3, 0.4) is 0 Å². The summed E-state index contributed by atoms with van der Waals surface area (Å²) in [6, 6.07) is 8.71. The summed E-state index contributed by atoms with van der Waals surface area (Å²) in [5.41, 5.74) is 1.56. The van der Waals surface area contributed by atoms with E-state index in [1.54, 1.807) is 7.05 Å². The molecule has 26 heavy (non-hydrogen) atoms. The summed E-state index contributed by atoms with van der Waals surface area (Å²) in [6.07, 6.45) is 4.93. The van der Waals surface area contributed by atoms with Crippen LogP contribution in [0, 0.1) is 6.92 Å². The standard InChI is InChI=1S/C18H24BrN5O.HI/c1-13-23-16(25-24-13)11-21-17(20-2)22-12-18(9-3-4-10-18)14-5-7-15(19)8-6-14;/h5-8H,3-4,9-12H2,1-2H3,(H2,20,21,22);1H. The molecule has 142 valence electrons. The number of rotatable bonds is 5. The second-order valence-corrected chi connectivity index (χ2v) is 7.42. The summed E-state index contributed by atoms with van der Waals surface area (Å²) in [5, 5.41) is 10.5. The lowest BCUT2D eigenvalue weighted by Gasteiger charge is -2.30. The molecule has 1 aliphatic carbocycles. The number of benzene rings is 1. The molecule has 0 unspecified atom stereocenters. The minimum atomic E-state index is 0. The first-order valence-corrected chi connectivity index (χ1v) is 9.40. The Bertz CT molecular complexity index is 725. The predicted octanol–water partition coefficient (Wildman–Crippen LogP) is 3.94. The van der Waals surface area contributed by atoms with Crippen LogP contribution >= 0.6 is 39.9 Å². The maximum absolute atomic E-state index is 5.13. The molecule has 1 aromatic heterocycles. The van der Waals surface area contributed by atoms with E-state index in [2.05, 4.69) is 66.0 Å². The number of aromatic nitrogens is 2. The lowest BCUT2D eigenvalue weighted by molar-refractivity contribution is 0.370. The number of nitrogens with one attached hydrogen (secondary N) is 2. The smallest absolute Gasteiger partial charge is 0.246 e. The van der Waals surface area contributed by atoms with Crippen LogP contribution in [0.25, 0.3) is 0 Å². The first kappa shape index (κ1) is 21.1. The van der Waals surface area contributed by atoms with Gasteiger partial charge in [-0.3, -0.25) is 4.99 Å². The zero-order valence-electron chi connectivity index (χ0n) is 15.1. The van der Waals surface area contributed by atoms with E-state index in [4.69, 9.17) is 4.52 Å². The molecule has 1 saturated carbocycles. The van der Waals surface area contributed by atoms with Crippen LogP contribution in [0.5, 0.6) is 0 Å². The Hall–Kier alpha value is -1.16. The highest BCUT2D eigenvalue weighted by atomic mass is 127. The van der Waals surface area contributed by atoms with Gasteiger partial charge >= 0.3 is 0 Å². The number of nitrogens with zero attached hydrogens (tertiary/aromatic N) is 3. The number of hydrogen-bond donors (Lipinski definition) is 2. The van der Waals surface area contributed by atoms with Crippen LogP contribution in [-0.2, 0) is 12.0 Å². The van der Waals surface area contributed by atoms with Crippen LogP contribution in [0.4, 0.5) is 0 Å². The van der Waals surface area contributed by atoms with Crippen LogP contribution in [0.2, 0.25) is 0 Å². The highest BCUT2D eigenvalue weighted by Gasteiger charge is 2.35. The van der Waals surface area contributed by atoms with Gasteiger partial charge in [-0.2, -0.15) is 4.98 Å². The Labute approximate surface area is 179 Å². The molecule has 1 aliphatic rings. The third-order valence-electron chi connectivity index (χ3n) is 4.81. The summed E-state index contributed by atoms with van der Waals surface area (Å²) in [4.78, 5) is 8.50. The lowest BCUT2D eigenvalue weighted by atomic mass is 9.79. The molecule has 2 N–H and O–H groups in total. The first-order valence-electron chi connectivity index (χ1n) is 8.61. The van der Waals surface area contributed by atoms with Crippen LogP contribution < -0.4 is 10.6 Å². The molecule has 0 amide bonds. The molecule has 1 heterocycles. The van der Waals surface area contributed by atoms with Crippen molar-refractivity contribution >= 4 is 45.9 Å². The number of aliphatic imine (C=N–C) groups is 1. The molecule has 2 aromatic rings. The summed E-state index contributed by atoms with van der Waals surface area (Å²) in [6.45, 7) is 3.13. The normalized spacial score (nSPS) is 16.2. The largest absolute Gasteiger partial charge is 0.356 e. The van der Waals surface area contributed by atoms with E-state index in [-0.39, 0.29) is 29.4 Å². The van der Waals surface area contributed by atoms with Gasteiger partial charge in [-0.25, -0.2) is 0 Å². The van der Waals surface area contributed by atoms with Gasteiger partial charge in [0.25, 0.3) is 0 Å². The monoisotopic (exact) mass is 533 g/mol. The topological polar surface area (TPSA) is 75.3 Å². The van der Waals surface area contributed by atoms with Crippen molar-refractivity contribution in [2.24, 2.45) is 4.99 Å². The van der Waals surface area contributed by atoms with E-state index in [9.17, 15) is 0 Å². The van der Waals surface area contributed by atoms with Gasteiger partial charge in [0.05, 0.1) is 6.54 Å². The highest BCUT2D eigenvalue weighted by molar-refractivity contribution is 14.0. The van der Waals surface area contributed by atoms with Gasteiger partial charge in [-0.05, 0) is 37.5 Å². The average Bonchev–Trinajstić information content (AvgIpc) is 3.25. The summed E-state index contributed by atoms with van der Waals surface area (Å²) in [7, 11) is 1.77. The van der Waals surface area contributed by atoms with Gasteiger partial charge in [-0.15, -0.1) is 24.0 Å². The van der Waals surface area contributed by atoms with Crippen molar-refractivity contribution < 1.29 is 4.52 Å². The molecule has 6 nitrogen and oxygen atoms in total. The Morgan fingerprint density at radius 1 is 1.23 bits per heavy atom. The van der Waals surface area contributed by atoms with E-state index in [0.717, 1.165) is 17.0 Å². The molecule has 1 aromatic carbocycles. The van der Waals surface area contributed by atoms with Crippen molar-refractivity contribution in [2.45, 2.75) is 44.6 Å². The van der Waals surface area contributed by atoms with Gasteiger partial charge in [0.2, 0.25) is 5.89 Å². The lowest BCUT2D eigenvalue weighted by Crippen LogP contribution is -2.44. The second kappa shape index (κ2) is 9.68. The van der Waals surface area contributed by atoms with E-state index >= 15 is 0 Å².